The van der Waals surface area contributed by atoms with Crippen LogP contribution in [0.3, 0.4) is 0 Å². The van der Waals surface area contributed by atoms with E-state index in [0.29, 0.717) is 5.92 Å². The van der Waals surface area contributed by atoms with Gasteiger partial charge in [0.05, 0.1) is 7.11 Å². The van der Waals surface area contributed by atoms with Gasteiger partial charge in [0.2, 0.25) is 0 Å². The molecule has 2 aromatic carbocycles. The third-order valence-electron chi connectivity index (χ3n) is 5.41. The lowest BCUT2D eigenvalue weighted by atomic mass is 9.97. The topological polar surface area (TPSA) is 15.7 Å². The molecule has 4 heteroatoms. The van der Waals surface area contributed by atoms with Gasteiger partial charge in [0.1, 0.15) is 11.6 Å². The summed E-state index contributed by atoms with van der Waals surface area (Å²) in [4.78, 5) is 4.90. The second kappa shape index (κ2) is 9.86. The number of ether oxygens (including phenoxy) is 1. The van der Waals surface area contributed by atoms with Gasteiger partial charge in [0.15, 0.2) is 0 Å². The van der Waals surface area contributed by atoms with Crippen LogP contribution in [0.5, 0.6) is 5.75 Å². The molecule has 1 aliphatic heterocycles. The second-order valence-corrected chi connectivity index (χ2v) is 7.70. The van der Waals surface area contributed by atoms with Crippen molar-refractivity contribution in [1.29, 1.82) is 0 Å². The summed E-state index contributed by atoms with van der Waals surface area (Å²) < 4.78 is 19.1. The highest BCUT2D eigenvalue weighted by molar-refractivity contribution is 5.28. The molecule has 146 valence electrons. The highest BCUT2D eigenvalue weighted by atomic mass is 19.1. The lowest BCUT2D eigenvalue weighted by Crippen LogP contribution is -2.40. The molecular weight excluding hydrogens is 339 g/mol. The van der Waals surface area contributed by atoms with Crippen molar-refractivity contribution in [1.82, 2.24) is 9.80 Å². The number of methoxy groups -OCH3 is 1. The fourth-order valence-electron chi connectivity index (χ4n) is 4.07. The summed E-state index contributed by atoms with van der Waals surface area (Å²) >= 11 is 0. The monoisotopic (exact) mass is 370 g/mol. The van der Waals surface area contributed by atoms with Crippen molar-refractivity contribution in [2.24, 2.45) is 5.92 Å². The molecule has 27 heavy (non-hydrogen) atoms. The van der Waals surface area contributed by atoms with Crippen molar-refractivity contribution in [2.45, 2.75) is 25.8 Å². The van der Waals surface area contributed by atoms with Crippen molar-refractivity contribution in [3.05, 3.63) is 65.5 Å². The van der Waals surface area contributed by atoms with Gasteiger partial charge in [0.25, 0.3) is 0 Å². The molecule has 0 amide bonds. The van der Waals surface area contributed by atoms with Crippen molar-refractivity contribution in [2.75, 3.05) is 40.3 Å². The minimum atomic E-state index is -0.0796. The maximum atomic E-state index is 13.8. The Labute approximate surface area is 162 Å². The molecule has 3 rings (SSSR count). The van der Waals surface area contributed by atoms with Crippen molar-refractivity contribution in [3.63, 3.8) is 0 Å². The van der Waals surface area contributed by atoms with Gasteiger partial charge in [0, 0.05) is 26.2 Å². The van der Waals surface area contributed by atoms with Crippen LogP contribution < -0.4 is 4.74 Å². The number of benzene rings is 2. The van der Waals surface area contributed by atoms with Crippen molar-refractivity contribution < 1.29 is 9.13 Å². The molecule has 0 saturated carbocycles. The second-order valence-electron chi connectivity index (χ2n) is 7.70. The predicted molar refractivity (Wildman–Crippen MR) is 109 cm³/mol. The van der Waals surface area contributed by atoms with E-state index in [1.165, 1.54) is 18.4 Å². The maximum Gasteiger partial charge on any atom is 0.126 e. The summed E-state index contributed by atoms with van der Waals surface area (Å²) in [5, 5.41) is 0. The van der Waals surface area contributed by atoms with Crippen LogP contribution >= 0.6 is 0 Å². The van der Waals surface area contributed by atoms with E-state index in [0.717, 1.165) is 50.5 Å². The van der Waals surface area contributed by atoms with Crippen LogP contribution in [0.2, 0.25) is 0 Å². The molecular formula is C23H31FN2O. The van der Waals surface area contributed by atoms with Crippen LogP contribution in [0.25, 0.3) is 0 Å². The molecule has 0 aromatic heterocycles. The Kier molecular flexibility index (Phi) is 7.25. The Morgan fingerprint density at radius 1 is 1.19 bits per heavy atom. The van der Waals surface area contributed by atoms with Gasteiger partial charge in [-0.1, -0.05) is 30.3 Å². The van der Waals surface area contributed by atoms with Crippen LogP contribution in [0.4, 0.5) is 4.39 Å². The minimum absolute atomic E-state index is 0.0796. The number of hydrogen-bond acceptors (Lipinski definition) is 3. The lowest BCUT2D eigenvalue weighted by molar-refractivity contribution is 0.142. The van der Waals surface area contributed by atoms with Gasteiger partial charge in [-0.25, -0.2) is 4.39 Å². The number of likely N-dealkylation sites (tertiary alicyclic amines) is 1. The van der Waals surface area contributed by atoms with Gasteiger partial charge < -0.3 is 14.5 Å². The molecule has 1 atom stereocenters. The minimum Gasteiger partial charge on any atom is -0.497 e. The standard InChI is InChI=1S/C23H31FN2O/c1-25(16-19-7-5-10-22(15-19)27-2)17-20-8-6-13-26(18-20)14-12-21-9-3-4-11-23(21)24/h3-5,7,9-11,15,20H,6,8,12-14,16-18H2,1-2H3. The molecule has 1 fully saturated rings. The fourth-order valence-corrected chi connectivity index (χ4v) is 4.07. The van der Waals surface area contributed by atoms with E-state index in [2.05, 4.69) is 29.0 Å². The molecule has 0 bridgehead atoms. The van der Waals surface area contributed by atoms with E-state index in [-0.39, 0.29) is 5.82 Å². The Bertz CT molecular complexity index is 721. The van der Waals surface area contributed by atoms with Crippen LogP contribution in [0.1, 0.15) is 24.0 Å². The molecule has 0 aliphatic carbocycles. The third kappa shape index (κ3) is 6.05. The van der Waals surface area contributed by atoms with E-state index in [1.807, 2.05) is 24.3 Å². The van der Waals surface area contributed by atoms with Crippen LogP contribution in [-0.4, -0.2) is 50.1 Å². The number of halogens is 1. The van der Waals surface area contributed by atoms with Crippen LogP contribution in [0.15, 0.2) is 48.5 Å². The van der Waals surface area contributed by atoms with Crippen LogP contribution in [0, 0.1) is 11.7 Å². The Balaban J connectivity index is 1.46. The number of hydrogen-bond donors (Lipinski definition) is 0. The smallest absolute Gasteiger partial charge is 0.126 e. The summed E-state index contributed by atoms with van der Waals surface area (Å²) in [5.41, 5.74) is 2.11. The summed E-state index contributed by atoms with van der Waals surface area (Å²) in [7, 11) is 3.90. The normalized spacial score (nSPS) is 18.0. The van der Waals surface area contributed by atoms with Crippen molar-refractivity contribution >= 4 is 0 Å². The van der Waals surface area contributed by atoms with Crippen molar-refractivity contribution in [3.8, 4) is 5.75 Å². The Morgan fingerprint density at radius 2 is 2.04 bits per heavy atom. The first kappa shape index (κ1) is 19.8. The molecule has 2 aromatic rings. The zero-order valence-electron chi connectivity index (χ0n) is 16.5. The quantitative estimate of drug-likeness (QED) is 0.692. The van der Waals surface area contributed by atoms with Gasteiger partial charge in [-0.05, 0) is 68.1 Å². The van der Waals surface area contributed by atoms with Crippen LogP contribution in [-0.2, 0) is 13.0 Å². The fraction of sp³-hybridized carbons (Fsp3) is 0.478. The average molecular weight is 371 g/mol. The average Bonchev–Trinajstić information content (AvgIpc) is 2.68. The summed E-state index contributed by atoms with van der Waals surface area (Å²) in [5.74, 6) is 1.51. The zero-order chi connectivity index (χ0) is 19.1. The molecule has 0 N–H and O–H groups in total. The van der Waals surface area contributed by atoms with Gasteiger partial charge >= 0.3 is 0 Å². The summed E-state index contributed by atoms with van der Waals surface area (Å²) in [6, 6.07) is 15.4. The van der Waals surface area contributed by atoms with E-state index < -0.39 is 0 Å². The molecule has 1 unspecified atom stereocenters. The Morgan fingerprint density at radius 3 is 2.85 bits per heavy atom. The maximum absolute atomic E-state index is 13.8. The van der Waals surface area contributed by atoms with E-state index >= 15 is 0 Å². The highest BCUT2D eigenvalue weighted by Crippen LogP contribution is 2.20. The first-order chi connectivity index (χ1) is 13.1. The van der Waals surface area contributed by atoms with Gasteiger partial charge in [-0.15, -0.1) is 0 Å². The third-order valence-corrected chi connectivity index (χ3v) is 5.41. The first-order valence-corrected chi connectivity index (χ1v) is 9.91. The zero-order valence-corrected chi connectivity index (χ0v) is 16.5. The first-order valence-electron chi connectivity index (χ1n) is 9.91. The molecule has 0 radical (unpaired) electrons. The summed E-state index contributed by atoms with van der Waals surface area (Å²) in [6.45, 7) is 5.20. The van der Waals surface area contributed by atoms with Gasteiger partial charge in [-0.2, -0.15) is 0 Å². The summed E-state index contributed by atoms with van der Waals surface area (Å²) in [6.07, 6.45) is 3.30. The predicted octanol–water partition coefficient (Wildman–Crippen LogP) is 4.22. The van der Waals surface area contributed by atoms with E-state index in [1.54, 1.807) is 19.2 Å². The molecule has 3 nitrogen and oxygen atoms in total. The number of piperidine rings is 1. The molecule has 0 spiro atoms. The largest absolute Gasteiger partial charge is 0.497 e. The number of nitrogens with zero attached hydrogens (tertiary/aromatic N) is 2. The molecule has 1 saturated heterocycles. The van der Waals surface area contributed by atoms with E-state index in [4.69, 9.17) is 4.74 Å². The molecule has 1 heterocycles. The Hall–Kier alpha value is -1.91. The SMILES string of the molecule is COc1cccc(CN(C)CC2CCCN(CCc3ccccc3F)C2)c1. The lowest BCUT2D eigenvalue weighted by Gasteiger charge is -2.34. The molecule has 1 aliphatic rings. The van der Waals surface area contributed by atoms with E-state index in [9.17, 15) is 4.39 Å². The number of rotatable bonds is 8. The van der Waals surface area contributed by atoms with Gasteiger partial charge in [-0.3, -0.25) is 0 Å². The highest BCUT2D eigenvalue weighted by Gasteiger charge is 2.21.